The fourth-order valence-electron chi connectivity index (χ4n) is 4.36. The lowest BCUT2D eigenvalue weighted by atomic mass is 9.99. The Kier molecular flexibility index (Phi) is 7.71. The summed E-state index contributed by atoms with van der Waals surface area (Å²) < 4.78 is 27.3. The van der Waals surface area contributed by atoms with Gasteiger partial charge in [0.2, 0.25) is 15.9 Å². The molecule has 2 saturated heterocycles. The molecule has 1 amide bonds. The molecule has 2 fully saturated rings. The number of piperidine rings is 2. The Morgan fingerprint density at radius 2 is 1.86 bits per heavy atom. The Bertz CT molecular complexity index is 779. The van der Waals surface area contributed by atoms with Crippen molar-refractivity contribution in [2.75, 3.05) is 32.7 Å². The van der Waals surface area contributed by atoms with Gasteiger partial charge in [-0.1, -0.05) is 24.1 Å². The van der Waals surface area contributed by atoms with Crippen LogP contribution in [0.15, 0.2) is 29.2 Å². The minimum atomic E-state index is -3.54. The number of rotatable bonds is 7. The van der Waals surface area contributed by atoms with Crippen molar-refractivity contribution in [3.8, 4) is 0 Å². The summed E-state index contributed by atoms with van der Waals surface area (Å²) in [6.45, 7) is 7.79. The van der Waals surface area contributed by atoms with Crippen molar-refractivity contribution >= 4 is 15.9 Å². The highest BCUT2D eigenvalue weighted by Gasteiger charge is 2.33. The van der Waals surface area contributed by atoms with Crippen LogP contribution in [0.1, 0.15) is 51.0 Å². The Hall–Kier alpha value is -1.44. The third kappa shape index (κ3) is 5.80. The van der Waals surface area contributed by atoms with E-state index in [0.717, 1.165) is 31.5 Å². The quantitative estimate of drug-likeness (QED) is 0.688. The van der Waals surface area contributed by atoms with Crippen LogP contribution in [0.5, 0.6) is 0 Å². The van der Waals surface area contributed by atoms with Gasteiger partial charge >= 0.3 is 0 Å². The highest BCUT2D eigenvalue weighted by molar-refractivity contribution is 7.89. The monoisotopic (exact) mass is 421 g/mol. The summed E-state index contributed by atoms with van der Waals surface area (Å²) in [7, 11) is -3.54. The first-order valence-corrected chi connectivity index (χ1v) is 12.4. The molecular formula is C22H35N3O3S. The zero-order valence-corrected chi connectivity index (χ0v) is 18.6. The Morgan fingerprint density at radius 1 is 1.10 bits per heavy atom. The molecule has 6 nitrogen and oxygen atoms in total. The van der Waals surface area contributed by atoms with Crippen molar-refractivity contribution in [2.45, 2.75) is 63.3 Å². The second-order valence-electron chi connectivity index (χ2n) is 8.54. The van der Waals surface area contributed by atoms with Crippen LogP contribution < -0.4 is 5.32 Å². The van der Waals surface area contributed by atoms with Crippen LogP contribution >= 0.6 is 0 Å². The van der Waals surface area contributed by atoms with Gasteiger partial charge in [-0.15, -0.1) is 0 Å². The lowest BCUT2D eigenvalue weighted by molar-refractivity contribution is -0.126. The van der Waals surface area contributed by atoms with Crippen LogP contribution in [-0.4, -0.2) is 62.3 Å². The molecular weight excluding hydrogens is 386 g/mol. The standard InChI is InChI=1S/C22H35N3O3S/c1-18-9-11-21(12-10-18)29(27,28)25-16-5-8-20(17-25)22(26)23-13-6-15-24-14-4-3-7-19(24)2/h9-12,19-20H,3-8,13-17H2,1-2H3,(H,23,26)/t19-,20-/m1/s1. The van der Waals surface area contributed by atoms with Gasteiger partial charge in [-0.05, 0) is 64.6 Å². The van der Waals surface area contributed by atoms with E-state index in [4.69, 9.17) is 0 Å². The normalized spacial score (nSPS) is 24.3. The van der Waals surface area contributed by atoms with Crippen molar-refractivity contribution in [1.82, 2.24) is 14.5 Å². The molecule has 7 heteroatoms. The first-order chi connectivity index (χ1) is 13.9. The van der Waals surface area contributed by atoms with Crippen molar-refractivity contribution in [2.24, 2.45) is 5.92 Å². The van der Waals surface area contributed by atoms with E-state index >= 15 is 0 Å². The van der Waals surface area contributed by atoms with E-state index in [0.29, 0.717) is 30.4 Å². The van der Waals surface area contributed by atoms with Crippen LogP contribution in [0, 0.1) is 12.8 Å². The third-order valence-corrected chi connectivity index (χ3v) is 8.15. The predicted molar refractivity (Wildman–Crippen MR) is 115 cm³/mol. The number of hydrogen-bond acceptors (Lipinski definition) is 4. The Morgan fingerprint density at radius 3 is 2.59 bits per heavy atom. The fraction of sp³-hybridized carbons (Fsp3) is 0.682. The van der Waals surface area contributed by atoms with Gasteiger partial charge in [-0.2, -0.15) is 4.31 Å². The molecule has 0 aromatic heterocycles. The molecule has 2 heterocycles. The number of nitrogens with one attached hydrogen (secondary N) is 1. The molecule has 0 radical (unpaired) electrons. The number of sulfonamides is 1. The van der Waals surface area contributed by atoms with Crippen molar-refractivity contribution < 1.29 is 13.2 Å². The molecule has 2 aliphatic heterocycles. The molecule has 162 valence electrons. The minimum Gasteiger partial charge on any atom is -0.356 e. The molecule has 1 aromatic rings. The molecule has 2 aliphatic rings. The van der Waals surface area contributed by atoms with Gasteiger partial charge in [-0.25, -0.2) is 8.42 Å². The number of carbonyl (C=O) groups is 1. The smallest absolute Gasteiger partial charge is 0.243 e. The lowest BCUT2D eigenvalue weighted by Gasteiger charge is -2.33. The molecule has 3 rings (SSSR count). The Labute approximate surface area is 175 Å². The van der Waals surface area contributed by atoms with Gasteiger partial charge < -0.3 is 10.2 Å². The molecule has 0 spiro atoms. The summed E-state index contributed by atoms with van der Waals surface area (Å²) in [5.74, 6) is -0.279. The van der Waals surface area contributed by atoms with Crippen molar-refractivity contribution in [3.63, 3.8) is 0 Å². The van der Waals surface area contributed by atoms with Crippen LogP contribution in [0.3, 0.4) is 0 Å². The fourth-order valence-corrected chi connectivity index (χ4v) is 5.89. The number of carbonyl (C=O) groups excluding carboxylic acids is 1. The average Bonchev–Trinajstić information content (AvgIpc) is 2.72. The molecule has 0 unspecified atom stereocenters. The summed E-state index contributed by atoms with van der Waals surface area (Å²) in [6.07, 6.45) is 6.25. The largest absolute Gasteiger partial charge is 0.356 e. The number of aryl methyl sites for hydroxylation is 1. The maximum atomic E-state index is 12.9. The van der Waals surface area contributed by atoms with Gasteiger partial charge in [0.25, 0.3) is 0 Å². The van der Waals surface area contributed by atoms with E-state index < -0.39 is 10.0 Å². The molecule has 0 saturated carbocycles. The van der Waals surface area contributed by atoms with Crippen LogP contribution in [0.25, 0.3) is 0 Å². The number of hydrogen-bond donors (Lipinski definition) is 1. The lowest BCUT2D eigenvalue weighted by Crippen LogP contribution is -2.46. The first kappa shape index (κ1) is 22.2. The number of nitrogens with zero attached hydrogens (tertiary/aromatic N) is 2. The number of benzene rings is 1. The highest BCUT2D eigenvalue weighted by atomic mass is 32.2. The molecule has 1 aromatic carbocycles. The minimum absolute atomic E-state index is 0.0134. The van der Waals surface area contributed by atoms with E-state index in [2.05, 4.69) is 17.1 Å². The van der Waals surface area contributed by atoms with E-state index in [1.54, 1.807) is 12.1 Å². The maximum absolute atomic E-state index is 12.9. The zero-order valence-electron chi connectivity index (χ0n) is 17.8. The summed E-state index contributed by atoms with van der Waals surface area (Å²) in [5, 5.41) is 3.04. The average molecular weight is 422 g/mol. The second-order valence-corrected chi connectivity index (χ2v) is 10.5. The summed E-state index contributed by atoms with van der Waals surface area (Å²) in [5.41, 5.74) is 1.03. The van der Waals surface area contributed by atoms with Crippen LogP contribution in [-0.2, 0) is 14.8 Å². The van der Waals surface area contributed by atoms with Crippen LogP contribution in [0.4, 0.5) is 0 Å². The molecule has 0 bridgehead atoms. The highest BCUT2D eigenvalue weighted by Crippen LogP contribution is 2.24. The van der Waals surface area contributed by atoms with Crippen LogP contribution in [0.2, 0.25) is 0 Å². The van der Waals surface area contributed by atoms with Gasteiger partial charge in [-0.3, -0.25) is 4.79 Å². The number of likely N-dealkylation sites (tertiary alicyclic amines) is 1. The van der Waals surface area contributed by atoms with Gasteiger partial charge in [0.15, 0.2) is 0 Å². The summed E-state index contributed by atoms with van der Waals surface area (Å²) >= 11 is 0. The van der Waals surface area contributed by atoms with E-state index in [1.807, 2.05) is 19.1 Å². The van der Waals surface area contributed by atoms with Crippen molar-refractivity contribution in [1.29, 1.82) is 0 Å². The molecule has 0 aliphatic carbocycles. The summed E-state index contributed by atoms with van der Waals surface area (Å²) in [4.78, 5) is 15.4. The third-order valence-electron chi connectivity index (χ3n) is 6.28. The van der Waals surface area contributed by atoms with Gasteiger partial charge in [0.1, 0.15) is 0 Å². The first-order valence-electron chi connectivity index (χ1n) is 11.0. The predicted octanol–water partition coefficient (Wildman–Crippen LogP) is 2.78. The SMILES string of the molecule is Cc1ccc(S(=O)(=O)N2CCC[C@@H](C(=O)NCCCN3CCCC[C@H]3C)C2)cc1. The van der Waals surface area contributed by atoms with Crippen molar-refractivity contribution in [3.05, 3.63) is 29.8 Å². The van der Waals surface area contributed by atoms with Gasteiger partial charge in [0, 0.05) is 32.2 Å². The molecule has 1 N–H and O–H groups in total. The van der Waals surface area contributed by atoms with E-state index in [9.17, 15) is 13.2 Å². The molecule has 29 heavy (non-hydrogen) atoms. The zero-order chi connectivity index (χ0) is 20.9. The van der Waals surface area contributed by atoms with E-state index in [-0.39, 0.29) is 18.4 Å². The Balaban J connectivity index is 1.48. The number of amides is 1. The van der Waals surface area contributed by atoms with E-state index in [1.165, 1.54) is 23.6 Å². The second kappa shape index (κ2) is 10.0. The topological polar surface area (TPSA) is 69.7 Å². The summed E-state index contributed by atoms with van der Waals surface area (Å²) in [6, 6.07) is 7.55. The maximum Gasteiger partial charge on any atom is 0.243 e. The van der Waals surface area contributed by atoms with Gasteiger partial charge in [0.05, 0.1) is 10.8 Å². The molecule has 2 atom stereocenters.